The second-order valence-electron chi connectivity index (χ2n) is 6.45. The zero-order chi connectivity index (χ0) is 16.9. The number of aliphatic imine (C=N–C) groups is 1. The van der Waals surface area contributed by atoms with Gasteiger partial charge in [-0.25, -0.2) is 9.98 Å². The number of thiazole rings is 1. The lowest BCUT2D eigenvalue weighted by molar-refractivity contribution is 0.0195. The van der Waals surface area contributed by atoms with Gasteiger partial charge in [-0.05, 0) is 27.2 Å². The van der Waals surface area contributed by atoms with E-state index < -0.39 is 0 Å². The molecule has 0 radical (unpaired) electrons. The van der Waals surface area contributed by atoms with Gasteiger partial charge >= 0.3 is 0 Å². The Hall–Kier alpha value is -1.18. The number of rotatable bonds is 4. The summed E-state index contributed by atoms with van der Waals surface area (Å²) in [5.74, 6) is 1.04. The molecule has 3 rings (SSSR count). The number of aryl methyl sites for hydroxylation is 2. The summed E-state index contributed by atoms with van der Waals surface area (Å²) in [5, 5.41) is 4.58. The fourth-order valence-corrected chi connectivity index (χ4v) is 4.33. The van der Waals surface area contributed by atoms with Crippen molar-refractivity contribution >= 4 is 17.3 Å². The number of likely N-dealkylation sites (tertiary alicyclic amines) is 1. The van der Waals surface area contributed by atoms with E-state index in [1.165, 1.54) is 11.3 Å². The molecule has 1 N–H and O–H groups in total. The van der Waals surface area contributed by atoms with Gasteiger partial charge in [-0.1, -0.05) is 0 Å². The smallest absolute Gasteiger partial charge is 0.194 e. The Morgan fingerprint density at radius 3 is 2.79 bits per heavy atom. The quantitative estimate of drug-likeness (QED) is 0.660. The topological polar surface area (TPSA) is 53.0 Å². The molecule has 2 fully saturated rings. The Labute approximate surface area is 148 Å². The van der Waals surface area contributed by atoms with E-state index in [1.807, 2.05) is 0 Å². The normalized spacial score (nSPS) is 23.0. The SMILES string of the molecule is CCNC(=NCc1sc(C)nc1C)N1CCC(N2CCOCC2)C1. The molecule has 0 amide bonds. The molecule has 1 atom stereocenters. The third-order valence-electron chi connectivity index (χ3n) is 4.73. The first kappa shape index (κ1) is 17.6. The second-order valence-corrected chi connectivity index (χ2v) is 7.74. The van der Waals surface area contributed by atoms with Crippen molar-refractivity contribution in [2.45, 2.75) is 39.8 Å². The van der Waals surface area contributed by atoms with E-state index in [4.69, 9.17) is 9.73 Å². The van der Waals surface area contributed by atoms with Crippen LogP contribution in [0.5, 0.6) is 0 Å². The van der Waals surface area contributed by atoms with E-state index in [9.17, 15) is 0 Å². The largest absolute Gasteiger partial charge is 0.379 e. The fraction of sp³-hybridized carbons (Fsp3) is 0.765. The molecule has 2 saturated heterocycles. The number of aromatic nitrogens is 1. The summed E-state index contributed by atoms with van der Waals surface area (Å²) >= 11 is 1.75. The molecule has 6 nitrogen and oxygen atoms in total. The van der Waals surface area contributed by atoms with Crippen LogP contribution in [0.4, 0.5) is 0 Å². The Balaban J connectivity index is 1.62. The summed E-state index contributed by atoms with van der Waals surface area (Å²) in [5.41, 5.74) is 1.12. The molecular formula is C17H29N5OS. The Kier molecular flexibility index (Phi) is 6.08. The zero-order valence-corrected chi connectivity index (χ0v) is 15.9. The summed E-state index contributed by atoms with van der Waals surface area (Å²) in [6, 6.07) is 0.630. The molecule has 0 bridgehead atoms. The van der Waals surface area contributed by atoms with Crippen LogP contribution in [0.2, 0.25) is 0 Å². The monoisotopic (exact) mass is 351 g/mol. The molecule has 3 heterocycles. The van der Waals surface area contributed by atoms with Crippen molar-refractivity contribution < 1.29 is 4.74 Å². The van der Waals surface area contributed by atoms with Gasteiger partial charge in [0.25, 0.3) is 0 Å². The molecule has 0 aromatic carbocycles. The highest BCUT2D eigenvalue weighted by Gasteiger charge is 2.30. The van der Waals surface area contributed by atoms with Crippen molar-refractivity contribution in [3.8, 4) is 0 Å². The molecule has 2 aliphatic heterocycles. The maximum absolute atomic E-state index is 5.48. The van der Waals surface area contributed by atoms with Gasteiger partial charge in [0.2, 0.25) is 0 Å². The van der Waals surface area contributed by atoms with Crippen molar-refractivity contribution in [1.82, 2.24) is 20.1 Å². The summed E-state index contributed by atoms with van der Waals surface area (Å²) in [4.78, 5) is 15.6. The zero-order valence-electron chi connectivity index (χ0n) is 15.0. The van der Waals surface area contributed by atoms with Crippen LogP contribution >= 0.6 is 11.3 Å². The van der Waals surface area contributed by atoms with Gasteiger partial charge < -0.3 is 15.0 Å². The second kappa shape index (κ2) is 8.27. The van der Waals surface area contributed by atoms with Crippen LogP contribution in [0.15, 0.2) is 4.99 Å². The van der Waals surface area contributed by atoms with Crippen LogP contribution in [-0.2, 0) is 11.3 Å². The first-order valence-corrected chi connectivity index (χ1v) is 9.77. The summed E-state index contributed by atoms with van der Waals surface area (Å²) in [6.45, 7) is 13.9. The lowest BCUT2D eigenvalue weighted by Gasteiger charge is -2.32. The minimum atomic E-state index is 0.630. The summed E-state index contributed by atoms with van der Waals surface area (Å²) in [7, 11) is 0. The minimum absolute atomic E-state index is 0.630. The predicted octanol–water partition coefficient (Wildman–Crippen LogP) is 1.63. The number of morpholine rings is 1. The highest BCUT2D eigenvalue weighted by atomic mass is 32.1. The summed E-state index contributed by atoms with van der Waals surface area (Å²) < 4.78 is 5.48. The van der Waals surface area contributed by atoms with Crippen molar-refractivity contribution in [3.05, 3.63) is 15.6 Å². The van der Waals surface area contributed by atoms with Gasteiger partial charge in [0.15, 0.2) is 5.96 Å². The number of guanidine groups is 1. The average Bonchev–Trinajstić information content (AvgIpc) is 3.19. The van der Waals surface area contributed by atoms with Gasteiger partial charge in [0.05, 0.1) is 30.5 Å². The third-order valence-corrected chi connectivity index (χ3v) is 5.79. The maximum Gasteiger partial charge on any atom is 0.194 e. The molecule has 2 aliphatic rings. The van der Waals surface area contributed by atoms with Crippen molar-refractivity contribution in [1.29, 1.82) is 0 Å². The minimum Gasteiger partial charge on any atom is -0.379 e. The van der Waals surface area contributed by atoms with E-state index in [1.54, 1.807) is 11.3 Å². The molecule has 7 heteroatoms. The third kappa shape index (κ3) is 4.26. The van der Waals surface area contributed by atoms with Crippen molar-refractivity contribution in [2.24, 2.45) is 4.99 Å². The molecule has 0 aliphatic carbocycles. The molecule has 0 saturated carbocycles. The number of nitrogens with zero attached hydrogens (tertiary/aromatic N) is 4. The Bertz CT molecular complexity index is 567. The summed E-state index contributed by atoms with van der Waals surface area (Å²) in [6.07, 6.45) is 1.21. The predicted molar refractivity (Wildman–Crippen MR) is 98.8 cm³/mol. The van der Waals surface area contributed by atoms with E-state index in [0.717, 1.165) is 69.1 Å². The fourth-order valence-electron chi connectivity index (χ4n) is 3.47. The van der Waals surface area contributed by atoms with Crippen LogP contribution in [0.25, 0.3) is 0 Å². The number of nitrogens with one attached hydrogen (secondary N) is 1. The van der Waals surface area contributed by atoms with Gasteiger partial charge in [-0.15, -0.1) is 11.3 Å². The highest BCUT2D eigenvalue weighted by Crippen LogP contribution is 2.20. The first-order chi connectivity index (χ1) is 11.7. The Morgan fingerprint density at radius 2 is 2.12 bits per heavy atom. The van der Waals surface area contributed by atoms with Crippen LogP contribution < -0.4 is 5.32 Å². The van der Waals surface area contributed by atoms with E-state index >= 15 is 0 Å². The lowest BCUT2D eigenvalue weighted by Crippen LogP contribution is -2.46. The molecule has 0 spiro atoms. The van der Waals surface area contributed by atoms with Gasteiger partial charge in [0.1, 0.15) is 0 Å². The number of hydrogen-bond donors (Lipinski definition) is 1. The van der Waals surface area contributed by atoms with Crippen LogP contribution in [0, 0.1) is 13.8 Å². The van der Waals surface area contributed by atoms with Crippen LogP contribution in [0.3, 0.4) is 0 Å². The number of hydrogen-bond acceptors (Lipinski definition) is 5. The highest BCUT2D eigenvalue weighted by molar-refractivity contribution is 7.11. The van der Waals surface area contributed by atoms with E-state index in [0.29, 0.717) is 6.04 Å². The molecule has 24 heavy (non-hydrogen) atoms. The first-order valence-electron chi connectivity index (χ1n) is 8.95. The molecule has 1 aromatic heterocycles. The van der Waals surface area contributed by atoms with Crippen LogP contribution in [0.1, 0.15) is 28.9 Å². The number of ether oxygens (including phenoxy) is 1. The molecular weight excluding hydrogens is 322 g/mol. The molecule has 1 aromatic rings. The van der Waals surface area contributed by atoms with Gasteiger partial charge in [-0.3, -0.25) is 4.90 Å². The van der Waals surface area contributed by atoms with E-state index in [2.05, 4.69) is 40.9 Å². The van der Waals surface area contributed by atoms with Gasteiger partial charge in [-0.2, -0.15) is 0 Å². The van der Waals surface area contributed by atoms with Crippen LogP contribution in [-0.4, -0.2) is 72.7 Å². The van der Waals surface area contributed by atoms with Crippen molar-refractivity contribution in [3.63, 3.8) is 0 Å². The van der Waals surface area contributed by atoms with Crippen molar-refractivity contribution in [2.75, 3.05) is 45.9 Å². The lowest BCUT2D eigenvalue weighted by atomic mass is 10.2. The Morgan fingerprint density at radius 1 is 1.33 bits per heavy atom. The molecule has 134 valence electrons. The molecule has 1 unspecified atom stereocenters. The van der Waals surface area contributed by atoms with E-state index in [-0.39, 0.29) is 0 Å². The average molecular weight is 352 g/mol. The van der Waals surface area contributed by atoms with Gasteiger partial charge in [0, 0.05) is 43.6 Å². The maximum atomic E-state index is 5.48. The standard InChI is InChI=1S/C17H29N5OS/c1-4-18-17(19-11-16-13(2)20-14(3)24-16)22-6-5-15(12-22)21-7-9-23-10-8-21/h15H,4-12H2,1-3H3,(H,18,19).